The lowest BCUT2D eigenvalue weighted by molar-refractivity contribution is 0.273. The monoisotopic (exact) mass is 183 g/mol. The summed E-state index contributed by atoms with van der Waals surface area (Å²) in [5, 5.41) is 0. The van der Waals surface area contributed by atoms with Crippen LogP contribution in [0, 0.1) is 0 Å². The molecule has 0 spiro atoms. The molecule has 0 rings (SSSR count). The van der Waals surface area contributed by atoms with Gasteiger partial charge in [0.15, 0.2) is 0 Å². The first-order valence-corrected chi connectivity index (χ1v) is 5.68. The third kappa shape index (κ3) is 8.04. The second-order valence-corrected chi connectivity index (χ2v) is 3.63. The van der Waals surface area contributed by atoms with Gasteiger partial charge in [-0.05, 0) is 32.4 Å². The highest BCUT2D eigenvalue weighted by Crippen LogP contribution is 2.00. The summed E-state index contributed by atoms with van der Waals surface area (Å²) in [5.74, 6) is 0. The normalized spacial score (nSPS) is 10.7. The predicted octanol–water partition coefficient (Wildman–Crippen LogP) is 3.46. The van der Waals surface area contributed by atoms with Gasteiger partial charge in [0.05, 0.1) is 0 Å². The van der Waals surface area contributed by atoms with Crippen molar-refractivity contribution >= 4 is 0 Å². The van der Waals surface area contributed by atoms with E-state index in [1.807, 2.05) is 6.08 Å². The number of rotatable bonds is 9. The topological polar surface area (TPSA) is 3.24 Å². The molecular formula is C12H25N. The Labute approximate surface area is 83.8 Å². The van der Waals surface area contributed by atoms with E-state index in [4.69, 9.17) is 0 Å². The Bertz CT molecular complexity index is 110. The van der Waals surface area contributed by atoms with Crippen LogP contribution in [-0.2, 0) is 0 Å². The largest absolute Gasteiger partial charge is 0.303 e. The Morgan fingerprint density at radius 2 is 1.77 bits per heavy atom. The van der Waals surface area contributed by atoms with Gasteiger partial charge >= 0.3 is 0 Å². The zero-order chi connectivity index (χ0) is 9.94. The van der Waals surface area contributed by atoms with Crippen LogP contribution in [0.25, 0.3) is 0 Å². The zero-order valence-corrected chi connectivity index (χ0v) is 9.39. The fourth-order valence-corrected chi connectivity index (χ4v) is 1.51. The molecule has 0 aliphatic heterocycles. The minimum Gasteiger partial charge on any atom is -0.303 e. The summed E-state index contributed by atoms with van der Waals surface area (Å²) in [6.07, 6.45) is 8.46. The van der Waals surface area contributed by atoms with E-state index in [0.717, 1.165) is 6.42 Å². The van der Waals surface area contributed by atoms with Crippen LogP contribution in [0.2, 0.25) is 0 Å². The summed E-state index contributed by atoms with van der Waals surface area (Å²) in [4.78, 5) is 2.55. The molecule has 1 heteroatoms. The van der Waals surface area contributed by atoms with Gasteiger partial charge < -0.3 is 4.90 Å². The van der Waals surface area contributed by atoms with Crippen molar-refractivity contribution in [2.45, 2.75) is 46.0 Å². The van der Waals surface area contributed by atoms with Crippen LogP contribution in [0.4, 0.5) is 0 Å². The second kappa shape index (κ2) is 9.79. The molecule has 0 atom stereocenters. The van der Waals surface area contributed by atoms with Gasteiger partial charge in [0.25, 0.3) is 0 Å². The SMILES string of the molecule is C=CCCN(CCC)CCCCC. The molecule has 0 aromatic rings. The average molecular weight is 183 g/mol. The van der Waals surface area contributed by atoms with Gasteiger partial charge in [0.1, 0.15) is 0 Å². The Morgan fingerprint density at radius 1 is 1.00 bits per heavy atom. The molecule has 0 aliphatic rings. The molecular weight excluding hydrogens is 158 g/mol. The van der Waals surface area contributed by atoms with Gasteiger partial charge in [-0.25, -0.2) is 0 Å². The van der Waals surface area contributed by atoms with E-state index in [0.29, 0.717) is 0 Å². The van der Waals surface area contributed by atoms with Crippen molar-refractivity contribution in [1.29, 1.82) is 0 Å². The third-order valence-electron chi connectivity index (χ3n) is 2.27. The van der Waals surface area contributed by atoms with E-state index in [1.54, 1.807) is 0 Å². The van der Waals surface area contributed by atoms with Gasteiger partial charge in [-0.15, -0.1) is 6.58 Å². The molecule has 0 heterocycles. The van der Waals surface area contributed by atoms with Crippen LogP contribution in [0.1, 0.15) is 46.0 Å². The summed E-state index contributed by atoms with van der Waals surface area (Å²) in [6, 6.07) is 0. The maximum Gasteiger partial charge on any atom is 0.00158 e. The zero-order valence-electron chi connectivity index (χ0n) is 9.39. The van der Waals surface area contributed by atoms with Gasteiger partial charge in [-0.1, -0.05) is 32.8 Å². The highest BCUT2D eigenvalue weighted by molar-refractivity contribution is 4.69. The highest BCUT2D eigenvalue weighted by atomic mass is 15.1. The van der Waals surface area contributed by atoms with Crippen molar-refractivity contribution in [2.75, 3.05) is 19.6 Å². The summed E-state index contributed by atoms with van der Waals surface area (Å²) < 4.78 is 0. The number of hydrogen-bond acceptors (Lipinski definition) is 1. The van der Waals surface area contributed by atoms with Crippen LogP contribution in [0.3, 0.4) is 0 Å². The number of nitrogens with zero attached hydrogens (tertiary/aromatic N) is 1. The van der Waals surface area contributed by atoms with E-state index < -0.39 is 0 Å². The summed E-state index contributed by atoms with van der Waals surface area (Å²) in [7, 11) is 0. The minimum atomic E-state index is 1.13. The van der Waals surface area contributed by atoms with Crippen molar-refractivity contribution in [3.05, 3.63) is 12.7 Å². The lowest BCUT2D eigenvalue weighted by Crippen LogP contribution is -2.26. The first-order chi connectivity index (χ1) is 6.35. The van der Waals surface area contributed by atoms with E-state index in [9.17, 15) is 0 Å². The summed E-state index contributed by atoms with van der Waals surface area (Å²) in [5.41, 5.74) is 0. The molecule has 78 valence electrons. The maximum atomic E-state index is 3.76. The standard InChI is InChI=1S/C12H25N/c1-4-7-9-12-13(10-6-3)11-8-5-2/h5H,2,4,6-12H2,1,3H3. The smallest absolute Gasteiger partial charge is 0.00158 e. The molecule has 0 saturated carbocycles. The lowest BCUT2D eigenvalue weighted by atomic mass is 10.2. The lowest BCUT2D eigenvalue weighted by Gasteiger charge is -2.20. The fourth-order valence-electron chi connectivity index (χ4n) is 1.51. The first kappa shape index (κ1) is 12.7. The quantitative estimate of drug-likeness (QED) is 0.391. The molecule has 1 nitrogen and oxygen atoms in total. The van der Waals surface area contributed by atoms with E-state index in [-0.39, 0.29) is 0 Å². The molecule has 0 unspecified atom stereocenters. The van der Waals surface area contributed by atoms with Gasteiger partial charge in [0.2, 0.25) is 0 Å². The molecule has 0 radical (unpaired) electrons. The van der Waals surface area contributed by atoms with Gasteiger partial charge in [-0.2, -0.15) is 0 Å². The molecule has 0 bridgehead atoms. The fraction of sp³-hybridized carbons (Fsp3) is 0.833. The minimum absolute atomic E-state index is 1.13. The van der Waals surface area contributed by atoms with Crippen LogP contribution >= 0.6 is 0 Å². The van der Waals surface area contributed by atoms with Crippen LogP contribution in [0.5, 0.6) is 0 Å². The van der Waals surface area contributed by atoms with Gasteiger partial charge in [0, 0.05) is 6.54 Å². The number of unbranched alkanes of at least 4 members (excludes halogenated alkanes) is 2. The molecule has 13 heavy (non-hydrogen) atoms. The maximum absolute atomic E-state index is 3.76. The molecule has 0 fully saturated rings. The van der Waals surface area contributed by atoms with Crippen LogP contribution in [-0.4, -0.2) is 24.5 Å². The van der Waals surface area contributed by atoms with Crippen molar-refractivity contribution in [3.63, 3.8) is 0 Å². The van der Waals surface area contributed by atoms with Crippen LogP contribution in [0.15, 0.2) is 12.7 Å². The van der Waals surface area contributed by atoms with E-state index in [2.05, 4.69) is 25.3 Å². The van der Waals surface area contributed by atoms with E-state index >= 15 is 0 Å². The molecule has 0 saturated heterocycles. The van der Waals surface area contributed by atoms with Crippen molar-refractivity contribution in [1.82, 2.24) is 4.90 Å². The molecule has 0 aromatic heterocycles. The molecule has 0 aromatic carbocycles. The second-order valence-electron chi connectivity index (χ2n) is 3.63. The molecule has 0 aliphatic carbocycles. The average Bonchev–Trinajstić information content (AvgIpc) is 2.14. The molecule has 0 amide bonds. The predicted molar refractivity (Wildman–Crippen MR) is 61.1 cm³/mol. The van der Waals surface area contributed by atoms with E-state index in [1.165, 1.54) is 45.3 Å². The highest BCUT2D eigenvalue weighted by Gasteiger charge is 2.00. The Balaban J connectivity index is 3.46. The third-order valence-corrected chi connectivity index (χ3v) is 2.27. The van der Waals surface area contributed by atoms with Crippen LogP contribution < -0.4 is 0 Å². The Morgan fingerprint density at radius 3 is 2.31 bits per heavy atom. The Kier molecular flexibility index (Phi) is 9.56. The summed E-state index contributed by atoms with van der Waals surface area (Å²) >= 11 is 0. The van der Waals surface area contributed by atoms with Crippen molar-refractivity contribution < 1.29 is 0 Å². The van der Waals surface area contributed by atoms with Crippen molar-refractivity contribution in [2.24, 2.45) is 0 Å². The van der Waals surface area contributed by atoms with Crippen molar-refractivity contribution in [3.8, 4) is 0 Å². The van der Waals surface area contributed by atoms with Gasteiger partial charge in [-0.3, -0.25) is 0 Å². The first-order valence-electron chi connectivity index (χ1n) is 5.68. The summed E-state index contributed by atoms with van der Waals surface area (Å²) in [6.45, 7) is 12.0. The number of hydrogen-bond donors (Lipinski definition) is 0. The molecule has 0 N–H and O–H groups in total. The Hall–Kier alpha value is -0.300.